The maximum absolute atomic E-state index is 11.1. The molecule has 0 atom stereocenters. The van der Waals surface area contributed by atoms with Crippen LogP contribution in [0.4, 0.5) is 9.59 Å². The monoisotopic (exact) mass is 229 g/mol. The second kappa shape index (κ2) is 5.05. The van der Waals surface area contributed by atoms with Gasteiger partial charge in [0.15, 0.2) is 0 Å². The summed E-state index contributed by atoms with van der Waals surface area (Å²) in [5.41, 5.74) is -1.05. The van der Waals surface area contributed by atoms with E-state index >= 15 is 0 Å². The van der Waals surface area contributed by atoms with E-state index in [0.29, 0.717) is 0 Å². The van der Waals surface area contributed by atoms with Crippen molar-refractivity contribution in [2.45, 2.75) is 52.7 Å². The summed E-state index contributed by atoms with van der Waals surface area (Å²) in [4.78, 5) is 22.2. The summed E-state index contributed by atoms with van der Waals surface area (Å²) >= 11 is 0. The molecule has 16 heavy (non-hydrogen) atoms. The molecule has 6 nitrogen and oxygen atoms in total. The van der Waals surface area contributed by atoms with E-state index in [1.54, 1.807) is 41.5 Å². The van der Waals surface area contributed by atoms with Gasteiger partial charge in [-0.2, -0.15) is 0 Å². The summed E-state index contributed by atoms with van der Waals surface area (Å²) in [6, 6.07) is -0.668. The summed E-state index contributed by atoms with van der Waals surface area (Å²) in [7, 11) is 0. The Kier molecular flexibility index (Phi) is 4.59. The maximum Gasteiger partial charge on any atom is 0.453 e. The first-order valence-corrected chi connectivity index (χ1v) is 4.96. The van der Waals surface area contributed by atoms with Gasteiger partial charge in [-0.25, -0.2) is 9.59 Å². The number of ether oxygens (including phenoxy) is 1. The molecule has 6 heteroatoms. The van der Waals surface area contributed by atoms with Gasteiger partial charge >= 0.3 is 12.1 Å². The third-order valence-electron chi connectivity index (χ3n) is 1.10. The minimum absolute atomic E-state index is 0.413. The van der Waals surface area contributed by atoms with Crippen LogP contribution in [0.2, 0.25) is 0 Å². The molecule has 0 saturated heterocycles. The van der Waals surface area contributed by atoms with Gasteiger partial charge in [0.05, 0.1) is 0 Å². The average Bonchev–Trinajstić information content (AvgIpc) is 1.94. The van der Waals surface area contributed by atoms with Gasteiger partial charge in [0.2, 0.25) is 0 Å². The van der Waals surface area contributed by atoms with Crippen molar-refractivity contribution in [3.63, 3.8) is 0 Å². The molecule has 0 aliphatic rings. The van der Waals surface area contributed by atoms with Crippen molar-refractivity contribution in [1.29, 1.82) is 0 Å². The number of hydrogen-bond donors (Lipinski definition) is 1. The number of nitrogens with zero attached hydrogens (tertiary/aromatic N) is 2. The van der Waals surface area contributed by atoms with Crippen molar-refractivity contribution in [1.82, 2.24) is 5.32 Å². The highest BCUT2D eigenvalue weighted by atomic mass is 16.6. The molecular formula is C10H19N3O3. The van der Waals surface area contributed by atoms with E-state index in [4.69, 9.17) is 4.74 Å². The van der Waals surface area contributed by atoms with Gasteiger partial charge in [0.1, 0.15) is 5.60 Å². The topological polar surface area (TPSA) is 80.1 Å². The fourth-order valence-electron chi connectivity index (χ4n) is 0.714. The van der Waals surface area contributed by atoms with Crippen LogP contribution in [0.1, 0.15) is 41.5 Å². The Labute approximate surface area is 95.5 Å². The molecule has 92 valence electrons. The number of amides is 3. The van der Waals surface area contributed by atoms with E-state index in [9.17, 15) is 9.59 Å². The normalized spacial score (nSPS) is 12.6. The highest BCUT2D eigenvalue weighted by molar-refractivity contribution is 5.77. The lowest BCUT2D eigenvalue weighted by Crippen LogP contribution is -2.38. The van der Waals surface area contributed by atoms with E-state index in [2.05, 4.69) is 15.5 Å². The summed E-state index contributed by atoms with van der Waals surface area (Å²) in [6.45, 7) is 10.5. The van der Waals surface area contributed by atoms with E-state index in [-0.39, 0.29) is 0 Å². The Bertz CT molecular complexity index is 267. The van der Waals surface area contributed by atoms with Crippen molar-refractivity contribution >= 4 is 12.1 Å². The van der Waals surface area contributed by atoms with E-state index in [0.717, 1.165) is 0 Å². The molecule has 0 aliphatic heterocycles. The molecule has 0 aromatic heterocycles. The molecule has 0 fully saturated rings. The molecule has 0 radical (unpaired) electrons. The lowest BCUT2D eigenvalue weighted by molar-refractivity contribution is 0.0590. The first-order chi connectivity index (χ1) is 6.99. The zero-order chi connectivity index (χ0) is 13.0. The first kappa shape index (κ1) is 14.5. The largest absolute Gasteiger partial charge is 0.453 e. The number of hydrogen-bond acceptors (Lipinski definition) is 3. The second-order valence-electron chi connectivity index (χ2n) is 5.36. The predicted octanol–water partition coefficient (Wildman–Crippen LogP) is 2.88. The highest BCUT2D eigenvalue weighted by Crippen LogP contribution is 2.08. The van der Waals surface area contributed by atoms with Crippen LogP contribution in [-0.4, -0.2) is 23.3 Å². The smallest absolute Gasteiger partial charge is 0.441 e. The molecule has 0 saturated carbocycles. The zero-order valence-corrected chi connectivity index (χ0v) is 10.6. The lowest BCUT2D eigenvalue weighted by atomic mass is 10.1. The van der Waals surface area contributed by atoms with Crippen molar-refractivity contribution in [2.75, 3.05) is 0 Å². The second-order valence-corrected chi connectivity index (χ2v) is 5.36. The van der Waals surface area contributed by atoms with Crippen LogP contribution in [0.25, 0.3) is 0 Å². The lowest BCUT2D eigenvalue weighted by Gasteiger charge is -2.18. The fourth-order valence-corrected chi connectivity index (χ4v) is 0.714. The van der Waals surface area contributed by atoms with Gasteiger partial charge in [-0.05, 0) is 41.5 Å². The minimum Gasteiger partial charge on any atom is -0.441 e. The third kappa shape index (κ3) is 9.11. The van der Waals surface area contributed by atoms with Crippen molar-refractivity contribution in [3.05, 3.63) is 0 Å². The molecule has 3 amide bonds. The molecule has 0 rings (SSSR count). The van der Waals surface area contributed by atoms with Crippen LogP contribution >= 0.6 is 0 Å². The van der Waals surface area contributed by atoms with Crippen LogP contribution in [-0.2, 0) is 4.74 Å². The van der Waals surface area contributed by atoms with Gasteiger partial charge in [0, 0.05) is 5.54 Å². The first-order valence-electron chi connectivity index (χ1n) is 4.96. The number of carbonyl (C=O) groups excluding carboxylic acids is 2. The zero-order valence-electron chi connectivity index (χ0n) is 10.6. The van der Waals surface area contributed by atoms with Crippen molar-refractivity contribution in [2.24, 2.45) is 10.2 Å². The number of azo groups is 1. The van der Waals surface area contributed by atoms with Crippen LogP contribution in [0, 0.1) is 0 Å². The van der Waals surface area contributed by atoms with Crippen LogP contribution in [0.5, 0.6) is 0 Å². The molecule has 0 aromatic rings. The Hall–Kier alpha value is -1.46. The van der Waals surface area contributed by atoms with E-state index in [1.807, 2.05) is 0 Å². The van der Waals surface area contributed by atoms with Crippen LogP contribution < -0.4 is 5.32 Å². The fraction of sp³-hybridized carbons (Fsp3) is 0.800. The van der Waals surface area contributed by atoms with Crippen LogP contribution in [0.15, 0.2) is 10.2 Å². The molecule has 1 N–H and O–H groups in total. The molecule has 0 unspecified atom stereocenters. The molecule has 0 aromatic carbocycles. The molecule has 0 aliphatic carbocycles. The Morgan fingerprint density at radius 1 is 1.00 bits per heavy atom. The summed E-state index contributed by atoms with van der Waals surface area (Å²) in [5, 5.41) is 8.87. The predicted molar refractivity (Wildman–Crippen MR) is 59.4 cm³/mol. The number of rotatable bonds is 0. The van der Waals surface area contributed by atoms with E-state index < -0.39 is 23.3 Å². The minimum atomic E-state index is -0.878. The standard InChI is InChI=1S/C10H19N3O3/c1-9(2,3)11-7(14)12-13-8(15)16-10(4,5)6/h1-6H3,(H,11,14)/b13-12+. The van der Waals surface area contributed by atoms with Gasteiger partial charge in [-0.15, -0.1) is 0 Å². The SMILES string of the molecule is CC(C)(C)NC(=O)/N=N/C(=O)OC(C)(C)C. The number of urea groups is 1. The quantitative estimate of drug-likeness (QED) is 0.648. The highest BCUT2D eigenvalue weighted by Gasteiger charge is 2.17. The maximum atomic E-state index is 11.1. The third-order valence-corrected chi connectivity index (χ3v) is 1.10. The number of nitrogens with one attached hydrogen (secondary N) is 1. The summed E-state index contributed by atoms with van der Waals surface area (Å²) in [5.74, 6) is 0. The van der Waals surface area contributed by atoms with E-state index in [1.165, 1.54) is 0 Å². The molecular weight excluding hydrogens is 210 g/mol. The number of carbonyl (C=O) groups is 2. The Morgan fingerprint density at radius 3 is 1.88 bits per heavy atom. The Balaban J connectivity index is 4.20. The van der Waals surface area contributed by atoms with Gasteiger partial charge < -0.3 is 10.1 Å². The average molecular weight is 229 g/mol. The Morgan fingerprint density at radius 2 is 1.50 bits per heavy atom. The van der Waals surface area contributed by atoms with Gasteiger partial charge in [-0.3, -0.25) is 0 Å². The molecule has 0 bridgehead atoms. The summed E-state index contributed by atoms with van der Waals surface area (Å²) in [6.07, 6.45) is -0.878. The van der Waals surface area contributed by atoms with Crippen molar-refractivity contribution in [3.8, 4) is 0 Å². The molecule has 0 spiro atoms. The van der Waals surface area contributed by atoms with Crippen LogP contribution in [0.3, 0.4) is 0 Å². The van der Waals surface area contributed by atoms with Crippen molar-refractivity contribution < 1.29 is 14.3 Å². The van der Waals surface area contributed by atoms with Gasteiger partial charge in [-0.1, -0.05) is 10.2 Å². The molecule has 0 heterocycles. The summed E-state index contributed by atoms with van der Waals surface area (Å²) < 4.78 is 4.84. The van der Waals surface area contributed by atoms with Gasteiger partial charge in [0.25, 0.3) is 0 Å².